The van der Waals surface area contributed by atoms with E-state index in [1.54, 1.807) is 6.08 Å². The molecule has 3 fully saturated rings. The van der Waals surface area contributed by atoms with Crippen LogP contribution in [-0.2, 0) is 14.8 Å². The van der Waals surface area contributed by atoms with E-state index in [-0.39, 0.29) is 17.9 Å². The fourth-order valence-corrected chi connectivity index (χ4v) is 6.95. The number of benzene rings is 1. The smallest absolute Gasteiger partial charge is 0.243 e. The molecule has 1 saturated carbocycles. The molecule has 190 valence electrons. The zero-order valence-electron chi connectivity index (χ0n) is 19.2. The largest absolute Gasteiger partial charge is 0.366 e. The second-order valence-electron chi connectivity index (χ2n) is 10.0. The Balaban J connectivity index is 1.31. The number of amides is 1. The molecule has 11 heteroatoms. The van der Waals surface area contributed by atoms with Gasteiger partial charge in [-0.2, -0.15) is 4.31 Å². The van der Waals surface area contributed by atoms with E-state index in [9.17, 15) is 26.4 Å². The van der Waals surface area contributed by atoms with Gasteiger partial charge in [-0.25, -0.2) is 21.6 Å². The summed E-state index contributed by atoms with van der Waals surface area (Å²) in [6, 6.07) is 2.97. The van der Waals surface area contributed by atoms with Crippen molar-refractivity contribution in [2.75, 3.05) is 26.2 Å². The van der Waals surface area contributed by atoms with E-state index in [1.165, 1.54) is 25.1 Å². The first kappa shape index (κ1) is 24.3. The van der Waals surface area contributed by atoms with E-state index in [1.807, 2.05) is 0 Å². The van der Waals surface area contributed by atoms with Crippen molar-refractivity contribution in [3.63, 3.8) is 0 Å². The van der Waals surface area contributed by atoms with Crippen molar-refractivity contribution in [1.82, 2.24) is 19.8 Å². The predicted molar refractivity (Wildman–Crippen MR) is 123 cm³/mol. The summed E-state index contributed by atoms with van der Waals surface area (Å²) in [5, 5.41) is 5.86. The summed E-state index contributed by atoms with van der Waals surface area (Å²) in [5.74, 6) is -1.66. The van der Waals surface area contributed by atoms with Gasteiger partial charge in [0.25, 0.3) is 0 Å². The van der Waals surface area contributed by atoms with Crippen LogP contribution in [0.25, 0.3) is 0 Å². The second-order valence-corrected chi connectivity index (χ2v) is 11.9. The maximum atomic E-state index is 14.3. The first-order chi connectivity index (χ1) is 16.6. The summed E-state index contributed by atoms with van der Waals surface area (Å²) < 4.78 is 68.4. The van der Waals surface area contributed by atoms with Crippen LogP contribution in [0, 0.1) is 11.2 Å². The molecule has 0 radical (unpaired) electrons. The third-order valence-corrected chi connectivity index (χ3v) is 9.67. The van der Waals surface area contributed by atoms with Gasteiger partial charge >= 0.3 is 0 Å². The SMILES string of the molecule is O=C(NCC1(N2CCC3(CC2)CC3)C=CC(F)=CN1)[C@@H]1C[C@@H](F)CN1S(=O)(=O)c1ccc(F)cc1. The lowest BCUT2D eigenvalue weighted by Crippen LogP contribution is -2.65. The fourth-order valence-electron chi connectivity index (χ4n) is 5.32. The lowest BCUT2D eigenvalue weighted by molar-refractivity contribution is -0.125. The quantitative estimate of drug-likeness (QED) is 0.615. The first-order valence-corrected chi connectivity index (χ1v) is 13.3. The van der Waals surface area contributed by atoms with Crippen molar-refractivity contribution in [2.24, 2.45) is 5.41 Å². The van der Waals surface area contributed by atoms with Crippen LogP contribution in [0.1, 0.15) is 32.1 Å². The summed E-state index contributed by atoms with van der Waals surface area (Å²) >= 11 is 0. The van der Waals surface area contributed by atoms with E-state index < -0.39 is 52.0 Å². The Morgan fingerprint density at radius 3 is 2.40 bits per heavy atom. The van der Waals surface area contributed by atoms with Gasteiger partial charge in [0.15, 0.2) is 0 Å². The fraction of sp³-hybridized carbons (Fsp3) is 0.542. The summed E-state index contributed by atoms with van der Waals surface area (Å²) in [4.78, 5) is 15.1. The van der Waals surface area contributed by atoms with Gasteiger partial charge in [0.2, 0.25) is 15.9 Å². The van der Waals surface area contributed by atoms with E-state index in [4.69, 9.17) is 0 Å². The molecule has 3 heterocycles. The molecule has 5 rings (SSSR count). The third-order valence-electron chi connectivity index (χ3n) is 7.78. The molecule has 0 bridgehead atoms. The number of nitrogens with zero attached hydrogens (tertiary/aromatic N) is 2. The molecule has 1 spiro atoms. The second kappa shape index (κ2) is 8.94. The molecule has 1 aliphatic carbocycles. The molecular weight excluding hydrogens is 481 g/mol. The highest BCUT2D eigenvalue weighted by atomic mass is 32.2. The molecule has 35 heavy (non-hydrogen) atoms. The van der Waals surface area contributed by atoms with Crippen LogP contribution in [-0.4, -0.2) is 67.6 Å². The van der Waals surface area contributed by atoms with Crippen molar-refractivity contribution >= 4 is 15.9 Å². The molecule has 4 aliphatic rings. The lowest BCUT2D eigenvalue weighted by atomic mass is 9.90. The van der Waals surface area contributed by atoms with Crippen LogP contribution in [0.3, 0.4) is 0 Å². The molecule has 3 atom stereocenters. The van der Waals surface area contributed by atoms with Gasteiger partial charge in [-0.3, -0.25) is 9.69 Å². The number of carbonyl (C=O) groups excluding carboxylic acids is 1. The Bertz CT molecular complexity index is 1140. The van der Waals surface area contributed by atoms with Crippen LogP contribution < -0.4 is 10.6 Å². The van der Waals surface area contributed by atoms with Gasteiger partial charge in [0.1, 0.15) is 29.5 Å². The highest BCUT2D eigenvalue weighted by Gasteiger charge is 2.49. The van der Waals surface area contributed by atoms with E-state index in [0.717, 1.165) is 54.5 Å². The van der Waals surface area contributed by atoms with Crippen molar-refractivity contribution < 1.29 is 26.4 Å². The van der Waals surface area contributed by atoms with E-state index in [0.29, 0.717) is 5.41 Å². The Hall–Kier alpha value is -2.37. The minimum atomic E-state index is -4.21. The number of carbonyl (C=O) groups is 1. The first-order valence-electron chi connectivity index (χ1n) is 11.9. The Labute approximate surface area is 203 Å². The van der Waals surface area contributed by atoms with Crippen molar-refractivity contribution in [2.45, 2.75) is 54.9 Å². The standard InChI is InChI=1S/C24H29F3N4O3S/c25-17-1-3-20(4-2-17)35(33,34)31-15-19(27)13-21(31)22(32)28-16-24(6-5-18(26)14-29-24)30-11-9-23(7-8-23)10-12-30/h1-6,14,19,21,29H,7-13,15-16H2,(H,28,32)/t19-,21+,24?/m1/s1. The summed E-state index contributed by atoms with van der Waals surface area (Å²) in [6.45, 7) is 1.16. The number of nitrogens with one attached hydrogen (secondary N) is 2. The molecule has 1 aromatic carbocycles. The van der Waals surface area contributed by atoms with Crippen LogP contribution in [0.2, 0.25) is 0 Å². The molecule has 7 nitrogen and oxygen atoms in total. The van der Waals surface area contributed by atoms with Crippen molar-refractivity contribution in [1.29, 1.82) is 0 Å². The molecular formula is C24H29F3N4O3S. The number of sulfonamides is 1. The monoisotopic (exact) mass is 510 g/mol. The Morgan fingerprint density at radius 2 is 1.80 bits per heavy atom. The highest BCUT2D eigenvalue weighted by Crippen LogP contribution is 2.54. The molecule has 2 N–H and O–H groups in total. The number of hydrogen-bond donors (Lipinski definition) is 2. The van der Waals surface area contributed by atoms with Gasteiger partial charge in [-0.1, -0.05) is 0 Å². The van der Waals surface area contributed by atoms with Gasteiger partial charge in [-0.05, 0) is 67.5 Å². The Morgan fingerprint density at radius 1 is 1.11 bits per heavy atom. The van der Waals surface area contributed by atoms with Crippen LogP contribution in [0.15, 0.2) is 53.3 Å². The normalized spacial score (nSPS) is 30.7. The van der Waals surface area contributed by atoms with Gasteiger partial charge in [0, 0.05) is 32.3 Å². The number of hydrogen-bond acceptors (Lipinski definition) is 5. The third kappa shape index (κ3) is 4.73. The van der Waals surface area contributed by atoms with Crippen molar-refractivity contribution in [3.8, 4) is 0 Å². The molecule has 2 saturated heterocycles. The van der Waals surface area contributed by atoms with E-state index >= 15 is 0 Å². The lowest BCUT2D eigenvalue weighted by Gasteiger charge is -2.47. The molecule has 1 amide bonds. The average molecular weight is 511 g/mol. The number of alkyl halides is 1. The number of halogens is 3. The average Bonchev–Trinajstić information content (AvgIpc) is 3.47. The minimum Gasteiger partial charge on any atom is -0.366 e. The van der Waals surface area contributed by atoms with E-state index in [2.05, 4.69) is 15.5 Å². The summed E-state index contributed by atoms with van der Waals surface area (Å²) in [6.07, 6.45) is 7.02. The minimum absolute atomic E-state index is 0.0526. The molecule has 0 aromatic heterocycles. The predicted octanol–water partition coefficient (Wildman–Crippen LogP) is 2.59. The van der Waals surface area contributed by atoms with Gasteiger partial charge in [-0.15, -0.1) is 0 Å². The van der Waals surface area contributed by atoms with Gasteiger partial charge in [0.05, 0.1) is 11.4 Å². The summed E-state index contributed by atoms with van der Waals surface area (Å²) in [7, 11) is -4.21. The number of likely N-dealkylation sites (tertiary alicyclic amines) is 1. The van der Waals surface area contributed by atoms with Gasteiger partial charge < -0.3 is 10.6 Å². The number of allylic oxidation sites excluding steroid dienone is 2. The zero-order chi connectivity index (χ0) is 24.8. The number of rotatable bonds is 6. The molecule has 1 aromatic rings. The maximum absolute atomic E-state index is 14.3. The van der Waals surface area contributed by atoms with Crippen LogP contribution in [0.5, 0.6) is 0 Å². The Kier molecular flexibility index (Phi) is 6.21. The zero-order valence-corrected chi connectivity index (χ0v) is 20.0. The molecule has 3 aliphatic heterocycles. The molecule has 1 unspecified atom stereocenters. The van der Waals surface area contributed by atoms with Crippen LogP contribution in [0.4, 0.5) is 13.2 Å². The number of dihydropyridines is 1. The topological polar surface area (TPSA) is 81.8 Å². The summed E-state index contributed by atoms with van der Waals surface area (Å²) in [5.41, 5.74) is -0.439. The highest BCUT2D eigenvalue weighted by molar-refractivity contribution is 7.89. The van der Waals surface area contributed by atoms with Crippen LogP contribution >= 0.6 is 0 Å². The van der Waals surface area contributed by atoms with Crippen molar-refractivity contribution in [3.05, 3.63) is 54.3 Å². The number of piperidine rings is 1. The maximum Gasteiger partial charge on any atom is 0.243 e.